The van der Waals surface area contributed by atoms with Crippen LogP contribution in [-0.4, -0.2) is 25.1 Å². The van der Waals surface area contributed by atoms with Gasteiger partial charge in [0.1, 0.15) is 11.2 Å². The molecule has 0 atom stereocenters. The van der Waals surface area contributed by atoms with Crippen molar-refractivity contribution in [2.75, 3.05) is 5.73 Å². The molecule has 0 amide bonds. The molecule has 5 rings (SSSR count). The van der Waals surface area contributed by atoms with E-state index in [1.807, 2.05) is 24.3 Å². The lowest BCUT2D eigenvalue weighted by Gasteiger charge is -2.42. The molecule has 0 saturated carbocycles. The Balaban J connectivity index is 1.81. The van der Waals surface area contributed by atoms with Crippen molar-refractivity contribution in [3.8, 4) is 11.4 Å². The number of nitrogens with zero attached hydrogens (tertiary/aromatic N) is 4. The summed E-state index contributed by atoms with van der Waals surface area (Å²) in [5.74, 6) is 0.634. The van der Waals surface area contributed by atoms with Crippen LogP contribution in [0.15, 0.2) is 30.6 Å². The predicted molar refractivity (Wildman–Crippen MR) is 110 cm³/mol. The average Bonchev–Trinajstić information content (AvgIpc) is 3.15. The summed E-state index contributed by atoms with van der Waals surface area (Å²) in [6.07, 6.45) is 2.68. The van der Waals surface area contributed by atoms with E-state index in [0.717, 1.165) is 27.8 Å². The molecule has 7 heteroatoms. The number of thiophene rings is 1. The zero-order valence-corrected chi connectivity index (χ0v) is 16.7. The Bertz CT molecular complexity index is 1200. The number of anilines is 1. The predicted octanol–water partition coefficient (Wildman–Crippen LogP) is 3.75. The monoisotopic (exact) mass is 378 g/mol. The van der Waals surface area contributed by atoms with Gasteiger partial charge in [-0.05, 0) is 51.8 Å². The SMILES string of the molecule is CC1(C)Cc2c(sc3ncn4nc(-c5ccccc5N)nc4c23)C(C)(C)N1. The van der Waals surface area contributed by atoms with Crippen LogP contribution in [0.3, 0.4) is 0 Å². The van der Waals surface area contributed by atoms with Crippen molar-refractivity contribution in [2.24, 2.45) is 0 Å². The molecule has 1 aliphatic rings. The van der Waals surface area contributed by atoms with E-state index >= 15 is 0 Å². The minimum Gasteiger partial charge on any atom is -0.398 e. The number of benzene rings is 1. The van der Waals surface area contributed by atoms with E-state index in [0.29, 0.717) is 11.5 Å². The first-order chi connectivity index (χ1) is 12.8. The molecule has 0 saturated heterocycles. The van der Waals surface area contributed by atoms with Crippen LogP contribution in [0.25, 0.3) is 27.3 Å². The van der Waals surface area contributed by atoms with E-state index in [1.165, 1.54) is 10.4 Å². The third kappa shape index (κ3) is 2.45. The van der Waals surface area contributed by atoms with E-state index in [1.54, 1.807) is 22.2 Å². The molecule has 138 valence electrons. The second-order valence-corrected chi connectivity index (χ2v) is 9.44. The van der Waals surface area contributed by atoms with Crippen molar-refractivity contribution in [3.63, 3.8) is 0 Å². The van der Waals surface area contributed by atoms with Crippen LogP contribution >= 0.6 is 11.3 Å². The lowest BCUT2D eigenvalue weighted by Crippen LogP contribution is -2.54. The third-order valence-corrected chi connectivity index (χ3v) is 6.63. The van der Waals surface area contributed by atoms with Crippen LogP contribution in [0.1, 0.15) is 38.1 Å². The summed E-state index contributed by atoms with van der Waals surface area (Å²) in [6, 6.07) is 7.70. The van der Waals surface area contributed by atoms with Crippen molar-refractivity contribution in [1.29, 1.82) is 0 Å². The van der Waals surface area contributed by atoms with Gasteiger partial charge in [0.05, 0.1) is 5.39 Å². The fourth-order valence-electron chi connectivity index (χ4n) is 4.33. The van der Waals surface area contributed by atoms with Crippen molar-refractivity contribution >= 4 is 32.9 Å². The van der Waals surface area contributed by atoms with Gasteiger partial charge in [-0.1, -0.05) is 12.1 Å². The zero-order valence-electron chi connectivity index (χ0n) is 15.9. The Kier molecular flexibility index (Phi) is 3.25. The highest BCUT2D eigenvalue weighted by molar-refractivity contribution is 7.19. The number of nitrogens with two attached hydrogens (primary N) is 1. The molecule has 6 nitrogen and oxygen atoms in total. The number of fused-ring (bicyclic) bond motifs is 5. The highest BCUT2D eigenvalue weighted by Gasteiger charge is 2.39. The summed E-state index contributed by atoms with van der Waals surface area (Å²) in [4.78, 5) is 11.9. The molecule has 0 radical (unpaired) electrons. The molecule has 4 heterocycles. The number of rotatable bonds is 1. The lowest BCUT2D eigenvalue weighted by molar-refractivity contribution is 0.248. The maximum atomic E-state index is 6.14. The number of aromatic nitrogens is 4. The van der Waals surface area contributed by atoms with Crippen LogP contribution < -0.4 is 11.1 Å². The number of hydrogen-bond donors (Lipinski definition) is 2. The minimum atomic E-state index is -0.105. The second kappa shape index (κ2) is 5.27. The van der Waals surface area contributed by atoms with Gasteiger partial charge in [0.2, 0.25) is 0 Å². The molecule has 0 bridgehead atoms. The van der Waals surface area contributed by atoms with Gasteiger partial charge in [0.25, 0.3) is 0 Å². The fraction of sp³-hybridized carbons (Fsp3) is 0.350. The largest absolute Gasteiger partial charge is 0.398 e. The van der Waals surface area contributed by atoms with Gasteiger partial charge < -0.3 is 11.1 Å². The van der Waals surface area contributed by atoms with Gasteiger partial charge in [-0.15, -0.1) is 16.4 Å². The van der Waals surface area contributed by atoms with E-state index in [9.17, 15) is 0 Å². The van der Waals surface area contributed by atoms with Gasteiger partial charge >= 0.3 is 0 Å². The molecule has 0 unspecified atom stereocenters. The third-order valence-electron chi connectivity index (χ3n) is 5.17. The summed E-state index contributed by atoms with van der Waals surface area (Å²) in [5.41, 5.74) is 9.75. The fourth-order valence-corrected chi connectivity index (χ4v) is 5.55. The van der Waals surface area contributed by atoms with Crippen LogP contribution in [0.4, 0.5) is 5.69 Å². The van der Waals surface area contributed by atoms with E-state index < -0.39 is 0 Å². The zero-order chi connectivity index (χ0) is 19.0. The van der Waals surface area contributed by atoms with Gasteiger partial charge in [-0.3, -0.25) is 0 Å². The normalized spacial score (nSPS) is 18.1. The summed E-state index contributed by atoms with van der Waals surface area (Å²) in [6.45, 7) is 8.96. The smallest absolute Gasteiger partial charge is 0.184 e. The van der Waals surface area contributed by atoms with E-state index in [4.69, 9.17) is 10.7 Å². The summed E-state index contributed by atoms with van der Waals surface area (Å²) in [7, 11) is 0. The van der Waals surface area contributed by atoms with E-state index in [-0.39, 0.29) is 11.1 Å². The molecule has 0 aliphatic carbocycles. The first-order valence-electron chi connectivity index (χ1n) is 9.07. The average molecular weight is 379 g/mol. The summed E-state index contributed by atoms with van der Waals surface area (Å²) in [5, 5.41) is 9.53. The van der Waals surface area contributed by atoms with Crippen LogP contribution in [0.5, 0.6) is 0 Å². The maximum Gasteiger partial charge on any atom is 0.184 e. The molecule has 1 aromatic carbocycles. The van der Waals surface area contributed by atoms with Crippen LogP contribution in [0, 0.1) is 0 Å². The number of hydrogen-bond acceptors (Lipinski definition) is 6. The highest BCUT2D eigenvalue weighted by Crippen LogP contribution is 2.44. The van der Waals surface area contributed by atoms with Crippen molar-refractivity contribution < 1.29 is 0 Å². The molecular formula is C20H22N6S. The van der Waals surface area contributed by atoms with Gasteiger partial charge in [0.15, 0.2) is 11.5 Å². The maximum absolute atomic E-state index is 6.14. The first kappa shape index (κ1) is 16.6. The van der Waals surface area contributed by atoms with Crippen molar-refractivity contribution in [1.82, 2.24) is 24.9 Å². The lowest BCUT2D eigenvalue weighted by atomic mass is 9.82. The molecular weight excluding hydrogens is 356 g/mol. The first-order valence-corrected chi connectivity index (χ1v) is 9.88. The molecule has 0 spiro atoms. The minimum absolute atomic E-state index is 0.00401. The number of para-hydroxylation sites is 1. The van der Waals surface area contributed by atoms with Crippen molar-refractivity contribution in [2.45, 2.75) is 45.2 Å². The van der Waals surface area contributed by atoms with Crippen molar-refractivity contribution in [3.05, 3.63) is 41.0 Å². The second-order valence-electron chi connectivity index (χ2n) is 8.44. The summed E-state index contributed by atoms with van der Waals surface area (Å²) >= 11 is 1.75. The molecule has 3 N–H and O–H groups in total. The Labute approximate surface area is 161 Å². The van der Waals surface area contributed by atoms with Gasteiger partial charge in [-0.2, -0.15) is 0 Å². The molecule has 0 fully saturated rings. The Morgan fingerprint density at radius 1 is 1.19 bits per heavy atom. The molecule has 4 aromatic rings. The Morgan fingerprint density at radius 2 is 1.96 bits per heavy atom. The Hall–Kier alpha value is -2.51. The Morgan fingerprint density at radius 3 is 2.74 bits per heavy atom. The van der Waals surface area contributed by atoms with Crippen LogP contribution in [0.2, 0.25) is 0 Å². The standard InChI is InChI=1S/C20H22N6S/c1-19(2)9-12-14-17-23-16(11-7-5-6-8-13(11)21)24-26(17)10-22-18(14)27-15(12)20(3,4)25-19/h5-8,10,25H,9,21H2,1-4H3. The molecule has 1 aliphatic heterocycles. The topological polar surface area (TPSA) is 81.1 Å². The van der Waals surface area contributed by atoms with E-state index in [2.05, 4.69) is 43.1 Å². The number of nitrogen functional groups attached to an aromatic ring is 1. The molecule has 3 aromatic heterocycles. The number of nitrogens with one attached hydrogen (secondary N) is 1. The highest BCUT2D eigenvalue weighted by atomic mass is 32.1. The summed E-state index contributed by atoms with van der Waals surface area (Å²) < 4.78 is 1.78. The van der Waals surface area contributed by atoms with Gasteiger partial charge in [-0.25, -0.2) is 14.5 Å². The quantitative estimate of drug-likeness (QED) is 0.493. The van der Waals surface area contributed by atoms with Gasteiger partial charge in [0, 0.05) is 27.2 Å². The molecule has 27 heavy (non-hydrogen) atoms. The van der Waals surface area contributed by atoms with Crippen LogP contribution in [-0.2, 0) is 12.0 Å².